The predicted octanol–water partition coefficient (Wildman–Crippen LogP) is 3.33. The van der Waals surface area contributed by atoms with Gasteiger partial charge in [0.1, 0.15) is 5.75 Å². The second-order valence-corrected chi connectivity index (χ2v) is 4.11. The molecule has 94 valence electrons. The van der Waals surface area contributed by atoms with E-state index in [1.165, 1.54) is 25.7 Å². The summed E-state index contributed by atoms with van der Waals surface area (Å²) in [5.74, 6) is 5.99. The molecule has 3 heteroatoms. The van der Waals surface area contributed by atoms with Gasteiger partial charge < -0.3 is 10.6 Å². The first-order valence-corrected chi connectivity index (χ1v) is 6.33. The average Bonchev–Trinajstić information content (AvgIpc) is 2.36. The van der Waals surface area contributed by atoms with Crippen molar-refractivity contribution in [2.45, 2.75) is 39.0 Å². The van der Waals surface area contributed by atoms with Crippen LogP contribution in [0.2, 0.25) is 0 Å². The molecule has 1 aromatic carbocycles. The molecule has 0 amide bonds. The molecule has 0 atom stereocenters. The second-order valence-electron chi connectivity index (χ2n) is 4.11. The van der Waals surface area contributed by atoms with Crippen LogP contribution in [0.1, 0.15) is 44.6 Å². The standard InChI is InChI=1S/C14H22N2O/c1-2-3-4-5-6-11-17-14-9-7-13(8-10-14)12-16-15/h7-10,12H,2-6,11,15H2,1H3. The van der Waals surface area contributed by atoms with Crippen molar-refractivity contribution in [3.05, 3.63) is 29.8 Å². The first-order chi connectivity index (χ1) is 8.36. The van der Waals surface area contributed by atoms with Gasteiger partial charge in [-0.1, -0.05) is 32.6 Å². The van der Waals surface area contributed by atoms with Crippen molar-refractivity contribution in [2.24, 2.45) is 10.9 Å². The molecule has 17 heavy (non-hydrogen) atoms. The van der Waals surface area contributed by atoms with Crippen LogP contribution in [-0.4, -0.2) is 12.8 Å². The number of hydrazone groups is 1. The second kappa shape index (κ2) is 8.62. The topological polar surface area (TPSA) is 47.6 Å². The Balaban J connectivity index is 2.18. The number of hydrogen-bond donors (Lipinski definition) is 1. The molecular weight excluding hydrogens is 212 g/mol. The molecule has 0 spiro atoms. The van der Waals surface area contributed by atoms with Crippen LogP contribution in [-0.2, 0) is 0 Å². The quantitative estimate of drug-likeness (QED) is 0.324. The summed E-state index contributed by atoms with van der Waals surface area (Å²) in [4.78, 5) is 0. The summed E-state index contributed by atoms with van der Waals surface area (Å²) in [7, 11) is 0. The molecule has 0 bridgehead atoms. The summed E-state index contributed by atoms with van der Waals surface area (Å²) < 4.78 is 5.64. The number of unbranched alkanes of at least 4 members (excludes halogenated alkanes) is 4. The molecule has 0 fully saturated rings. The molecule has 1 rings (SSSR count). The van der Waals surface area contributed by atoms with Crippen LogP contribution in [0.25, 0.3) is 0 Å². The van der Waals surface area contributed by atoms with Crippen LogP contribution in [0.4, 0.5) is 0 Å². The Morgan fingerprint density at radius 1 is 1.12 bits per heavy atom. The number of nitrogens with zero attached hydrogens (tertiary/aromatic N) is 1. The third kappa shape index (κ3) is 5.95. The Morgan fingerprint density at radius 3 is 2.47 bits per heavy atom. The van der Waals surface area contributed by atoms with E-state index in [-0.39, 0.29) is 0 Å². The summed E-state index contributed by atoms with van der Waals surface area (Å²) in [6.45, 7) is 3.02. The van der Waals surface area contributed by atoms with Gasteiger partial charge in [0.05, 0.1) is 12.8 Å². The minimum absolute atomic E-state index is 0.800. The Hall–Kier alpha value is -1.51. The van der Waals surface area contributed by atoms with Crippen molar-refractivity contribution >= 4 is 6.21 Å². The Morgan fingerprint density at radius 2 is 1.82 bits per heavy atom. The van der Waals surface area contributed by atoms with Crippen molar-refractivity contribution < 1.29 is 4.74 Å². The SMILES string of the molecule is CCCCCCCOc1ccc(C=NN)cc1. The van der Waals surface area contributed by atoms with Gasteiger partial charge in [0.2, 0.25) is 0 Å². The highest BCUT2D eigenvalue weighted by molar-refractivity contribution is 5.79. The van der Waals surface area contributed by atoms with Crippen LogP contribution in [0.15, 0.2) is 29.4 Å². The highest BCUT2D eigenvalue weighted by Gasteiger charge is 1.94. The Kier molecular flexibility index (Phi) is 6.87. The highest BCUT2D eigenvalue weighted by atomic mass is 16.5. The van der Waals surface area contributed by atoms with Gasteiger partial charge in [-0.2, -0.15) is 5.10 Å². The average molecular weight is 234 g/mol. The van der Waals surface area contributed by atoms with Crippen LogP contribution in [0.3, 0.4) is 0 Å². The largest absolute Gasteiger partial charge is 0.494 e. The Bertz CT molecular complexity index is 319. The molecule has 0 saturated carbocycles. The smallest absolute Gasteiger partial charge is 0.119 e. The van der Waals surface area contributed by atoms with Gasteiger partial charge >= 0.3 is 0 Å². The third-order valence-electron chi connectivity index (χ3n) is 2.62. The lowest BCUT2D eigenvalue weighted by molar-refractivity contribution is 0.304. The number of nitrogens with two attached hydrogens (primary N) is 1. The van der Waals surface area contributed by atoms with Crippen LogP contribution in [0, 0.1) is 0 Å². The van der Waals surface area contributed by atoms with E-state index in [1.54, 1.807) is 6.21 Å². The molecule has 0 aromatic heterocycles. The van der Waals surface area contributed by atoms with Gasteiger partial charge in [-0.15, -0.1) is 0 Å². The molecule has 0 aliphatic carbocycles. The minimum Gasteiger partial charge on any atom is -0.494 e. The zero-order chi connectivity index (χ0) is 12.3. The van der Waals surface area contributed by atoms with E-state index in [2.05, 4.69) is 12.0 Å². The fourth-order valence-corrected chi connectivity index (χ4v) is 1.63. The molecule has 0 aliphatic heterocycles. The van der Waals surface area contributed by atoms with E-state index in [1.807, 2.05) is 24.3 Å². The lowest BCUT2D eigenvalue weighted by Gasteiger charge is -2.06. The first kappa shape index (κ1) is 13.6. The summed E-state index contributed by atoms with van der Waals surface area (Å²) in [5, 5.41) is 3.47. The summed E-state index contributed by atoms with van der Waals surface area (Å²) in [5.41, 5.74) is 0.989. The van der Waals surface area contributed by atoms with Gasteiger partial charge in [-0.3, -0.25) is 0 Å². The maximum absolute atomic E-state index is 5.64. The van der Waals surface area contributed by atoms with E-state index < -0.39 is 0 Å². The summed E-state index contributed by atoms with van der Waals surface area (Å²) in [6.07, 6.45) is 7.93. The van der Waals surface area contributed by atoms with Gasteiger partial charge in [-0.25, -0.2) is 0 Å². The van der Waals surface area contributed by atoms with Crippen LogP contribution >= 0.6 is 0 Å². The lowest BCUT2D eigenvalue weighted by Crippen LogP contribution is -1.97. The van der Waals surface area contributed by atoms with Gasteiger partial charge in [0.25, 0.3) is 0 Å². The van der Waals surface area contributed by atoms with E-state index in [0.717, 1.165) is 24.3 Å². The molecule has 0 radical (unpaired) electrons. The maximum atomic E-state index is 5.64. The van der Waals surface area contributed by atoms with E-state index >= 15 is 0 Å². The highest BCUT2D eigenvalue weighted by Crippen LogP contribution is 2.12. The predicted molar refractivity (Wildman–Crippen MR) is 72.5 cm³/mol. The van der Waals surface area contributed by atoms with Gasteiger partial charge in [-0.05, 0) is 36.2 Å². The number of ether oxygens (including phenoxy) is 1. The zero-order valence-electron chi connectivity index (χ0n) is 10.6. The molecule has 2 N–H and O–H groups in total. The fourth-order valence-electron chi connectivity index (χ4n) is 1.63. The monoisotopic (exact) mass is 234 g/mol. The maximum Gasteiger partial charge on any atom is 0.119 e. The van der Waals surface area contributed by atoms with Gasteiger partial charge in [0, 0.05) is 0 Å². The van der Waals surface area contributed by atoms with Crippen molar-refractivity contribution in [2.75, 3.05) is 6.61 Å². The van der Waals surface area contributed by atoms with E-state index in [4.69, 9.17) is 10.6 Å². The molecule has 1 aromatic rings. The lowest BCUT2D eigenvalue weighted by atomic mass is 10.2. The Labute approximate surface area is 104 Å². The van der Waals surface area contributed by atoms with Crippen LogP contribution in [0.5, 0.6) is 5.75 Å². The normalized spacial score (nSPS) is 10.9. The number of hydrogen-bond acceptors (Lipinski definition) is 3. The summed E-state index contributed by atoms with van der Waals surface area (Å²) in [6, 6.07) is 7.79. The van der Waals surface area contributed by atoms with E-state index in [0.29, 0.717) is 0 Å². The van der Waals surface area contributed by atoms with Crippen molar-refractivity contribution in [1.82, 2.24) is 0 Å². The summed E-state index contributed by atoms with van der Waals surface area (Å²) >= 11 is 0. The molecule has 0 heterocycles. The molecule has 3 nitrogen and oxygen atoms in total. The number of benzene rings is 1. The zero-order valence-corrected chi connectivity index (χ0v) is 10.6. The molecule has 0 unspecified atom stereocenters. The van der Waals surface area contributed by atoms with Crippen molar-refractivity contribution in [3.8, 4) is 5.75 Å². The van der Waals surface area contributed by atoms with Crippen LogP contribution < -0.4 is 10.6 Å². The van der Waals surface area contributed by atoms with E-state index in [9.17, 15) is 0 Å². The fraction of sp³-hybridized carbons (Fsp3) is 0.500. The minimum atomic E-state index is 0.800. The third-order valence-corrected chi connectivity index (χ3v) is 2.62. The number of rotatable bonds is 8. The van der Waals surface area contributed by atoms with Crippen molar-refractivity contribution in [1.29, 1.82) is 0 Å². The molecule has 0 aliphatic rings. The van der Waals surface area contributed by atoms with Gasteiger partial charge in [0.15, 0.2) is 0 Å². The van der Waals surface area contributed by atoms with Crippen molar-refractivity contribution in [3.63, 3.8) is 0 Å². The molecule has 0 saturated heterocycles. The first-order valence-electron chi connectivity index (χ1n) is 6.33. The molecular formula is C14H22N2O.